The van der Waals surface area contributed by atoms with E-state index in [1.807, 2.05) is 36.4 Å². The third-order valence-corrected chi connectivity index (χ3v) is 3.68. The van der Waals surface area contributed by atoms with Crippen molar-refractivity contribution in [2.24, 2.45) is 0 Å². The van der Waals surface area contributed by atoms with Crippen LogP contribution in [0, 0.1) is 0 Å². The maximum absolute atomic E-state index is 12.0. The van der Waals surface area contributed by atoms with Gasteiger partial charge in [0.25, 0.3) is 0 Å². The highest BCUT2D eigenvalue weighted by Crippen LogP contribution is 2.37. The SMILES string of the molecule is CCOC(=O)C1(Oc2ccc3ccccc3n2)CCC1. The van der Waals surface area contributed by atoms with Crippen molar-refractivity contribution in [3.8, 4) is 5.88 Å². The number of benzene rings is 1. The van der Waals surface area contributed by atoms with Crippen molar-refractivity contribution in [2.75, 3.05) is 6.61 Å². The zero-order valence-corrected chi connectivity index (χ0v) is 11.5. The zero-order valence-electron chi connectivity index (χ0n) is 11.5. The molecule has 0 spiro atoms. The highest BCUT2D eigenvalue weighted by molar-refractivity contribution is 5.82. The third kappa shape index (κ3) is 2.22. The summed E-state index contributed by atoms with van der Waals surface area (Å²) in [4.78, 5) is 16.5. The topological polar surface area (TPSA) is 48.4 Å². The van der Waals surface area contributed by atoms with Gasteiger partial charge in [-0.1, -0.05) is 18.2 Å². The quantitative estimate of drug-likeness (QED) is 0.802. The fourth-order valence-corrected chi connectivity index (χ4v) is 2.41. The number of nitrogens with zero attached hydrogens (tertiary/aromatic N) is 1. The van der Waals surface area contributed by atoms with Gasteiger partial charge in [-0.25, -0.2) is 9.78 Å². The van der Waals surface area contributed by atoms with Crippen molar-refractivity contribution >= 4 is 16.9 Å². The molecule has 104 valence electrons. The second-order valence-corrected chi connectivity index (χ2v) is 5.01. The summed E-state index contributed by atoms with van der Waals surface area (Å²) in [5.74, 6) is 0.206. The molecule has 0 amide bonds. The van der Waals surface area contributed by atoms with Crippen molar-refractivity contribution in [2.45, 2.75) is 31.8 Å². The summed E-state index contributed by atoms with van der Waals surface area (Å²) in [6.07, 6.45) is 2.37. The molecule has 0 saturated heterocycles. The Morgan fingerprint density at radius 1 is 1.25 bits per heavy atom. The molecule has 0 bridgehead atoms. The first-order valence-corrected chi connectivity index (χ1v) is 6.95. The van der Waals surface area contributed by atoms with Crippen LogP contribution in [0.5, 0.6) is 5.88 Å². The van der Waals surface area contributed by atoms with Crippen molar-refractivity contribution in [1.82, 2.24) is 4.98 Å². The van der Waals surface area contributed by atoms with Crippen molar-refractivity contribution in [1.29, 1.82) is 0 Å². The number of hydrogen-bond acceptors (Lipinski definition) is 4. The number of carbonyl (C=O) groups is 1. The Morgan fingerprint density at radius 3 is 2.75 bits per heavy atom. The van der Waals surface area contributed by atoms with Crippen molar-refractivity contribution in [3.05, 3.63) is 36.4 Å². The molecule has 0 unspecified atom stereocenters. The fourth-order valence-electron chi connectivity index (χ4n) is 2.41. The number of hydrogen-bond donors (Lipinski definition) is 0. The Bertz CT molecular complexity index is 634. The summed E-state index contributed by atoms with van der Waals surface area (Å²) in [7, 11) is 0. The van der Waals surface area contributed by atoms with Crippen LogP contribution in [0.3, 0.4) is 0 Å². The van der Waals surface area contributed by atoms with Crippen LogP contribution in [0.15, 0.2) is 36.4 Å². The lowest BCUT2D eigenvalue weighted by Gasteiger charge is -2.38. The second-order valence-electron chi connectivity index (χ2n) is 5.01. The zero-order chi connectivity index (χ0) is 14.0. The van der Waals surface area contributed by atoms with E-state index >= 15 is 0 Å². The van der Waals surface area contributed by atoms with Gasteiger partial charge in [-0.15, -0.1) is 0 Å². The van der Waals surface area contributed by atoms with Gasteiger partial charge in [0, 0.05) is 11.5 Å². The Balaban J connectivity index is 1.86. The van der Waals surface area contributed by atoms with Gasteiger partial charge in [0.15, 0.2) is 0 Å². The number of ether oxygens (including phenoxy) is 2. The molecule has 0 aliphatic heterocycles. The first-order chi connectivity index (χ1) is 9.73. The summed E-state index contributed by atoms with van der Waals surface area (Å²) in [6, 6.07) is 11.6. The van der Waals surface area contributed by atoms with Crippen LogP contribution in [0.25, 0.3) is 10.9 Å². The average Bonchev–Trinajstić information content (AvgIpc) is 2.43. The Labute approximate surface area is 117 Å². The smallest absolute Gasteiger partial charge is 0.350 e. The molecule has 0 atom stereocenters. The predicted octanol–water partition coefficient (Wildman–Crippen LogP) is 3.10. The molecule has 1 aliphatic carbocycles. The van der Waals surface area contributed by atoms with E-state index in [2.05, 4.69) is 4.98 Å². The molecule has 1 aromatic carbocycles. The van der Waals surface area contributed by atoms with E-state index in [1.54, 1.807) is 6.92 Å². The summed E-state index contributed by atoms with van der Waals surface area (Å²) >= 11 is 0. The minimum absolute atomic E-state index is 0.277. The molecule has 1 aliphatic rings. The van der Waals surface area contributed by atoms with Crippen LogP contribution < -0.4 is 4.74 Å². The predicted molar refractivity (Wildman–Crippen MR) is 75.6 cm³/mol. The van der Waals surface area contributed by atoms with Crippen LogP contribution >= 0.6 is 0 Å². The van der Waals surface area contributed by atoms with Gasteiger partial charge in [0.05, 0.1) is 12.1 Å². The summed E-state index contributed by atoms with van der Waals surface area (Å²) in [5, 5.41) is 1.05. The number of rotatable bonds is 4. The standard InChI is InChI=1S/C16H17NO3/c1-2-19-15(18)16(10-5-11-16)20-14-9-8-12-6-3-4-7-13(12)17-14/h3-4,6-9H,2,5,10-11H2,1H3. The summed E-state index contributed by atoms with van der Waals surface area (Å²) in [6.45, 7) is 2.17. The van der Waals surface area contributed by atoms with Gasteiger partial charge in [0.2, 0.25) is 11.5 Å². The molecule has 0 radical (unpaired) electrons. The van der Waals surface area contributed by atoms with Crippen LogP contribution in [-0.4, -0.2) is 23.2 Å². The molecule has 4 nitrogen and oxygen atoms in total. The van der Waals surface area contributed by atoms with Gasteiger partial charge in [0.1, 0.15) is 0 Å². The molecule has 1 saturated carbocycles. The molecular formula is C16H17NO3. The number of fused-ring (bicyclic) bond motifs is 1. The number of carbonyl (C=O) groups excluding carboxylic acids is 1. The maximum atomic E-state index is 12.0. The highest BCUT2D eigenvalue weighted by Gasteiger charge is 2.48. The minimum Gasteiger partial charge on any atom is -0.463 e. The molecular weight excluding hydrogens is 254 g/mol. The fraction of sp³-hybridized carbons (Fsp3) is 0.375. The van der Waals surface area contributed by atoms with Crippen LogP contribution in [0.4, 0.5) is 0 Å². The Morgan fingerprint density at radius 2 is 2.05 bits per heavy atom. The number of para-hydroxylation sites is 1. The van der Waals surface area contributed by atoms with E-state index in [9.17, 15) is 4.79 Å². The van der Waals surface area contributed by atoms with Crippen molar-refractivity contribution < 1.29 is 14.3 Å². The van der Waals surface area contributed by atoms with E-state index in [4.69, 9.17) is 9.47 Å². The highest BCUT2D eigenvalue weighted by atomic mass is 16.6. The van der Waals surface area contributed by atoms with Crippen molar-refractivity contribution in [3.63, 3.8) is 0 Å². The lowest BCUT2D eigenvalue weighted by Crippen LogP contribution is -2.51. The number of pyridine rings is 1. The first-order valence-electron chi connectivity index (χ1n) is 6.95. The van der Waals surface area contributed by atoms with Crippen LogP contribution in [-0.2, 0) is 9.53 Å². The normalized spacial score (nSPS) is 16.4. The number of esters is 1. The van der Waals surface area contributed by atoms with Gasteiger partial charge < -0.3 is 9.47 Å². The molecule has 1 heterocycles. The lowest BCUT2D eigenvalue weighted by molar-refractivity contribution is -0.170. The second kappa shape index (κ2) is 5.12. The average molecular weight is 271 g/mol. The van der Waals surface area contributed by atoms with E-state index < -0.39 is 5.60 Å². The van der Waals surface area contributed by atoms with Crippen LogP contribution in [0.1, 0.15) is 26.2 Å². The van der Waals surface area contributed by atoms with Gasteiger partial charge in [-0.3, -0.25) is 0 Å². The molecule has 2 aromatic rings. The summed E-state index contributed by atoms with van der Waals surface area (Å²) in [5.41, 5.74) is 0.0363. The largest absolute Gasteiger partial charge is 0.463 e. The molecule has 0 N–H and O–H groups in total. The molecule has 3 rings (SSSR count). The van der Waals surface area contributed by atoms with E-state index in [0.717, 1.165) is 17.3 Å². The molecule has 1 fully saturated rings. The third-order valence-electron chi connectivity index (χ3n) is 3.68. The monoisotopic (exact) mass is 271 g/mol. The molecule has 4 heteroatoms. The Kier molecular flexibility index (Phi) is 3.30. The van der Waals surface area contributed by atoms with E-state index in [1.165, 1.54) is 0 Å². The molecule has 1 aromatic heterocycles. The van der Waals surface area contributed by atoms with E-state index in [0.29, 0.717) is 25.3 Å². The summed E-state index contributed by atoms with van der Waals surface area (Å²) < 4.78 is 11.0. The first kappa shape index (κ1) is 12.9. The lowest BCUT2D eigenvalue weighted by atomic mass is 9.80. The molecule has 20 heavy (non-hydrogen) atoms. The minimum atomic E-state index is -0.828. The van der Waals surface area contributed by atoms with Crippen LogP contribution in [0.2, 0.25) is 0 Å². The van der Waals surface area contributed by atoms with Gasteiger partial charge >= 0.3 is 5.97 Å². The van der Waals surface area contributed by atoms with Gasteiger partial charge in [-0.05, 0) is 38.3 Å². The van der Waals surface area contributed by atoms with Gasteiger partial charge in [-0.2, -0.15) is 0 Å². The van der Waals surface area contributed by atoms with E-state index in [-0.39, 0.29) is 5.97 Å². The number of aromatic nitrogens is 1. The maximum Gasteiger partial charge on any atom is 0.350 e. The Hall–Kier alpha value is -2.10.